The minimum atomic E-state index is -0.443. The fourth-order valence-electron chi connectivity index (χ4n) is 4.23. The molecule has 4 rings (SSSR count). The van der Waals surface area contributed by atoms with Gasteiger partial charge in [-0.05, 0) is 47.7 Å². The fraction of sp³-hybridized carbons (Fsp3) is 0.385. The lowest BCUT2D eigenvalue weighted by Gasteiger charge is -2.38. The van der Waals surface area contributed by atoms with Crippen molar-refractivity contribution >= 4 is 16.9 Å². The second-order valence-electron chi connectivity index (χ2n) is 8.82. The Labute approximate surface area is 189 Å². The van der Waals surface area contributed by atoms with E-state index in [0.717, 1.165) is 28.6 Å². The number of amides is 2. The highest BCUT2D eigenvalue weighted by molar-refractivity contribution is 5.88. The van der Waals surface area contributed by atoms with Gasteiger partial charge in [-0.15, -0.1) is 0 Å². The van der Waals surface area contributed by atoms with Gasteiger partial charge in [0.25, 0.3) is 0 Å². The molecule has 2 heterocycles. The Bertz CT molecular complexity index is 1080. The van der Waals surface area contributed by atoms with Crippen LogP contribution in [0.5, 0.6) is 5.75 Å². The Hall–Kier alpha value is -3.12. The van der Waals surface area contributed by atoms with Gasteiger partial charge in [0.15, 0.2) is 0 Å². The van der Waals surface area contributed by atoms with Gasteiger partial charge in [-0.2, -0.15) is 0 Å². The summed E-state index contributed by atoms with van der Waals surface area (Å²) in [5, 5.41) is 1.14. The van der Waals surface area contributed by atoms with Crippen LogP contribution in [0.4, 0.5) is 4.79 Å². The maximum Gasteiger partial charge on any atom is 0.316 e. The number of carbonyl (C=O) groups excluding carboxylic acids is 1. The van der Waals surface area contributed by atoms with Crippen LogP contribution in [0.15, 0.2) is 54.7 Å². The Morgan fingerprint density at radius 1 is 1.19 bits per heavy atom. The fourth-order valence-corrected chi connectivity index (χ4v) is 4.23. The summed E-state index contributed by atoms with van der Waals surface area (Å²) in [6, 6.07) is 16.0. The third-order valence-corrected chi connectivity index (χ3v) is 5.90. The maximum atomic E-state index is 11.8. The number of piperidine rings is 1. The molecule has 2 atom stereocenters. The van der Waals surface area contributed by atoms with Crippen molar-refractivity contribution in [2.45, 2.75) is 45.9 Å². The minimum absolute atomic E-state index is 0.0276. The van der Waals surface area contributed by atoms with E-state index in [-0.39, 0.29) is 12.3 Å². The number of fused-ring (bicyclic) bond motifs is 1. The zero-order valence-electron chi connectivity index (χ0n) is 19.0. The number of hydrogen-bond donors (Lipinski definition) is 1. The van der Waals surface area contributed by atoms with Crippen LogP contribution in [0.2, 0.25) is 0 Å². The quantitative estimate of drug-likeness (QED) is 0.584. The van der Waals surface area contributed by atoms with Crippen molar-refractivity contribution in [1.82, 2.24) is 9.88 Å². The number of urea groups is 1. The van der Waals surface area contributed by atoms with E-state index in [9.17, 15) is 4.79 Å². The van der Waals surface area contributed by atoms with Gasteiger partial charge in [-0.3, -0.25) is 9.88 Å². The van der Waals surface area contributed by atoms with Crippen molar-refractivity contribution in [3.8, 4) is 16.9 Å². The van der Waals surface area contributed by atoms with Gasteiger partial charge < -0.3 is 15.2 Å². The Balaban J connectivity index is 1.46. The molecule has 1 fully saturated rings. The molecule has 2 N–H and O–H groups in total. The highest BCUT2D eigenvalue weighted by atomic mass is 16.5. The van der Waals surface area contributed by atoms with Crippen molar-refractivity contribution in [2.24, 2.45) is 11.7 Å². The molecule has 2 unspecified atom stereocenters. The van der Waals surface area contributed by atoms with Crippen LogP contribution in [0, 0.1) is 12.8 Å². The molecule has 0 aliphatic carbocycles. The molecule has 6 heteroatoms. The molecule has 6 nitrogen and oxygen atoms in total. The molecule has 32 heavy (non-hydrogen) atoms. The molecule has 1 aromatic heterocycles. The molecular weight excluding hydrogens is 402 g/mol. The van der Waals surface area contributed by atoms with Crippen LogP contribution >= 0.6 is 0 Å². The van der Waals surface area contributed by atoms with Crippen LogP contribution in [-0.2, 0) is 4.74 Å². The number of rotatable bonds is 6. The highest BCUT2D eigenvalue weighted by Gasteiger charge is 2.32. The summed E-state index contributed by atoms with van der Waals surface area (Å²) in [7, 11) is 0. The third kappa shape index (κ3) is 4.86. The maximum absolute atomic E-state index is 11.8. The second kappa shape index (κ2) is 9.57. The van der Waals surface area contributed by atoms with Crippen LogP contribution < -0.4 is 10.5 Å². The van der Waals surface area contributed by atoms with E-state index in [1.54, 1.807) is 4.90 Å². The normalized spacial score (nSPS) is 18.8. The average Bonchev–Trinajstić information content (AvgIpc) is 2.79. The summed E-state index contributed by atoms with van der Waals surface area (Å²) in [6.45, 7) is 7.39. The number of hydrogen-bond acceptors (Lipinski definition) is 4. The van der Waals surface area contributed by atoms with Crippen LogP contribution in [0.25, 0.3) is 22.0 Å². The number of likely N-dealkylation sites (tertiary alicyclic amines) is 1. The second-order valence-corrected chi connectivity index (χ2v) is 8.82. The summed E-state index contributed by atoms with van der Waals surface area (Å²) in [5.74, 6) is 1.19. The number of benzene rings is 2. The van der Waals surface area contributed by atoms with Gasteiger partial charge in [0.05, 0.1) is 12.1 Å². The van der Waals surface area contributed by atoms with E-state index in [4.69, 9.17) is 15.2 Å². The molecule has 0 spiro atoms. The van der Waals surface area contributed by atoms with E-state index in [0.29, 0.717) is 25.5 Å². The first kappa shape index (κ1) is 22.1. The van der Waals surface area contributed by atoms with Gasteiger partial charge >= 0.3 is 6.03 Å². The van der Waals surface area contributed by atoms with Crippen molar-refractivity contribution < 1.29 is 14.3 Å². The average molecular weight is 434 g/mol. The van der Waals surface area contributed by atoms with Gasteiger partial charge in [0, 0.05) is 31.0 Å². The first-order valence-corrected chi connectivity index (χ1v) is 11.2. The molecule has 0 saturated carbocycles. The zero-order valence-corrected chi connectivity index (χ0v) is 19.0. The molecule has 1 aliphatic rings. The number of primary amides is 1. The number of aromatic nitrogens is 1. The molecule has 168 valence electrons. The lowest BCUT2D eigenvalue weighted by Crippen LogP contribution is -2.52. The summed E-state index contributed by atoms with van der Waals surface area (Å²) in [6.07, 6.45) is 2.78. The minimum Gasteiger partial charge on any atom is -0.490 e. The number of nitrogens with two attached hydrogens (primary N) is 1. The van der Waals surface area contributed by atoms with Crippen molar-refractivity contribution in [3.05, 3.63) is 60.3 Å². The topological polar surface area (TPSA) is 77.7 Å². The first-order chi connectivity index (χ1) is 15.4. The lowest BCUT2D eigenvalue weighted by molar-refractivity contribution is -0.0888. The summed E-state index contributed by atoms with van der Waals surface area (Å²) in [5.41, 5.74) is 10.0. The Kier molecular flexibility index (Phi) is 6.61. The standard InChI is InChI=1S/C26H31N3O3/c1-17(2)16-31-24-15-22(12-14-29(24)26(27)30)32-21-9-6-19(7-10-21)23-11-8-20-5-4-13-28-25(20)18(23)3/h4-11,13,17,22,24H,12,14-16H2,1-3H3,(H2,27,30). The van der Waals surface area contributed by atoms with Crippen molar-refractivity contribution in [2.75, 3.05) is 13.2 Å². The van der Waals surface area contributed by atoms with Gasteiger partial charge in [0.2, 0.25) is 0 Å². The summed E-state index contributed by atoms with van der Waals surface area (Å²) >= 11 is 0. The number of aryl methyl sites for hydroxylation is 1. The predicted octanol–water partition coefficient (Wildman–Crippen LogP) is 5.13. The monoisotopic (exact) mass is 433 g/mol. The number of ether oxygens (including phenoxy) is 2. The van der Waals surface area contributed by atoms with Gasteiger partial charge in [-0.1, -0.05) is 44.2 Å². The Morgan fingerprint density at radius 2 is 1.97 bits per heavy atom. The van der Waals surface area contributed by atoms with Crippen molar-refractivity contribution in [3.63, 3.8) is 0 Å². The Morgan fingerprint density at radius 3 is 2.69 bits per heavy atom. The van der Waals surface area contributed by atoms with E-state index in [1.807, 2.05) is 24.4 Å². The number of pyridine rings is 1. The molecule has 3 aromatic rings. The smallest absolute Gasteiger partial charge is 0.316 e. The van der Waals surface area contributed by atoms with Crippen LogP contribution in [0.3, 0.4) is 0 Å². The molecule has 0 radical (unpaired) electrons. The van der Waals surface area contributed by atoms with E-state index < -0.39 is 6.03 Å². The van der Waals surface area contributed by atoms with E-state index in [1.165, 1.54) is 11.1 Å². The molecular formula is C26H31N3O3. The SMILES string of the molecule is Cc1c(-c2ccc(OC3CCN(C(N)=O)C(OCC(C)C)C3)cc2)ccc2cccnc12. The van der Waals surface area contributed by atoms with E-state index in [2.05, 4.69) is 56.1 Å². The molecule has 1 aliphatic heterocycles. The van der Waals surface area contributed by atoms with E-state index >= 15 is 0 Å². The highest BCUT2D eigenvalue weighted by Crippen LogP contribution is 2.31. The molecule has 1 saturated heterocycles. The summed E-state index contributed by atoms with van der Waals surface area (Å²) in [4.78, 5) is 17.9. The largest absolute Gasteiger partial charge is 0.490 e. The third-order valence-electron chi connectivity index (χ3n) is 5.90. The molecule has 2 aromatic carbocycles. The first-order valence-electron chi connectivity index (χ1n) is 11.2. The van der Waals surface area contributed by atoms with Gasteiger partial charge in [-0.25, -0.2) is 4.79 Å². The lowest BCUT2D eigenvalue weighted by atomic mass is 9.98. The molecule has 0 bridgehead atoms. The molecule has 2 amide bonds. The number of carbonyl (C=O) groups is 1. The summed E-state index contributed by atoms with van der Waals surface area (Å²) < 4.78 is 12.2. The zero-order chi connectivity index (χ0) is 22.7. The van der Waals surface area contributed by atoms with Crippen LogP contribution in [-0.4, -0.2) is 41.4 Å². The number of nitrogens with zero attached hydrogens (tertiary/aromatic N) is 2. The van der Waals surface area contributed by atoms with Crippen LogP contribution in [0.1, 0.15) is 32.3 Å². The van der Waals surface area contributed by atoms with Gasteiger partial charge in [0.1, 0.15) is 18.1 Å². The van der Waals surface area contributed by atoms with Crippen molar-refractivity contribution in [1.29, 1.82) is 0 Å². The predicted molar refractivity (Wildman–Crippen MR) is 126 cm³/mol.